The Kier molecular flexibility index (Phi) is 6.42. The van der Waals surface area contributed by atoms with Gasteiger partial charge in [-0.15, -0.1) is 0 Å². The van der Waals surface area contributed by atoms with Gasteiger partial charge in [0.05, 0.1) is 5.54 Å². The van der Waals surface area contributed by atoms with Crippen molar-refractivity contribution in [1.29, 1.82) is 0 Å². The third kappa shape index (κ3) is 5.46. The number of rotatable bonds is 7. The SMILES string of the molecule is CC(C)C[C@H](CNC(=O)C1(N)CCOCC1)CC(=O)O. The fourth-order valence-corrected chi connectivity index (χ4v) is 2.53. The number of nitrogens with one attached hydrogen (secondary N) is 1. The maximum Gasteiger partial charge on any atom is 0.303 e. The molecule has 1 aliphatic rings. The molecule has 1 aliphatic heterocycles. The average Bonchev–Trinajstić information content (AvgIpc) is 2.35. The molecule has 0 radical (unpaired) electrons. The van der Waals surface area contributed by atoms with Crippen LogP contribution in [0, 0.1) is 11.8 Å². The van der Waals surface area contributed by atoms with Gasteiger partial charge in [-0.05, 0) is 31.1 Å². The van der Waals surface area contributed by atoms with Crippen LogP contribution in [0.15, 0.2) is 0 Å². The molecule has 0 bridgehead atoms. The monoisotopic (exact) mass is 286 g/mol. The number of carboxylic acids is 1. The van der Waals surface area contributed by atoms with Crippen molar-refractivity contribution in [2.24, 2.45) is 17.6 Å². The minimum atomic E-state index is -0.871. The van der Waals surface area contributed by atoms with Crippen LogP contribution in [0.4, 0.5) is 0 Å². The molecule has 1 atom stereocenters. The summed E-state index contributed by atoms with van der Waals surface area (Å²) in [6, 6.07) is 0. The average molecular weight is 286 g/mol. The number of aliphatic carboxylic acids is 1. The summed E-state index contributed by atoms with van der Waals surface area (Å²) >= 11 is 0. The molecule has 1 fully saturated rings. The summed E-state index contributed by atoms with van der Waals surface area (Å²) in [7, 11) is 0. The van der Waals surface area contributed by atoms with Crippen molar-refractivity contribution < 1.29 is 19.4 Å². The molecular formula is C14H26N2O4. The van der Waals surface area contributed by atoms with E-state index >= 15 is 0 Å². The number of amides is 1. The van der Waals surface area contributed by atoms with E-state index in [-0.39, 0.29) is 18.2 Å². The van der Waals surface area contributed by atoms with E-state index in [1.165, 1.54) is 0 Å². The molecule has 20 heavy (non-hydrogen) atoms. The first kappa shape index (κ1) is 16.9. The molecule has 1 amide bonds. The van der Waals surface area contributed by atoms with Crippen molar-refractivity contribution in [3.8, 4) is 0 Å². The van der Waals surface area contributed by atoms with E-state index < -0.39 is 11.5 Å². The van der Waals surface area contributed by atoms with Crippen molar-refractivity contribution in [1.82, 2.24) is 5.32 Å². The molecular weight excluding hydrogens is 260 g/mol. The first-order valence-corrected chi connectivity index (χ1v) is 7.20. The Morgan fingerprint density at radius 2 is 1.95 bits per heavy atom. The summed E-state index contributed by atoms with van der Waals surface area (Å²) in [6.07, 6.45) is 1.85. The van der Waals surface area contributed by atoms with Crippen LogP contribution in [0.1, 0.15) is 39.5 Å². The molecule has 0 aromatic carbocycles. The van der Waals surface area contributed by atoms with Crippen LogP contribution in [-0.2, 0) is 14.3 Å². The highest BCUT2D eigenvalue weighted by molar-refractivity contribution is 5.86. The highest BCUT2D eigenvalue weighted by atomic mass is 16.5. The van der Waals surface area contributed by atoms with E-state index in [2.05, 4.69) is 5.32 Å². The third-order valence-corrected chi connectivity index (χ3v) is 3.66. The fourth-order valence-electron chi connectivity index (χ4n) is 2.53. The zero-order valence-electron chi connectivity index (χ0n) is 12.4. The van der Waals surface area contributed by atoms with Crippen molar-refractivity contribution in [3.05, 3.63) is 0 Å². The fraction of sp³-hybridized carbons (Fsp3) is 0.857. The zero-order valence-corrected chi connectivity index (χ0v) is 12.4. The number of nitrogens with two attached hydrogens (primary N) is 1. The normalized spacial score (nSPS) is 19.6. The van der Waals surface area contributed by atoms with E-state index in [1.807, 2.05) is 13.8 Å². The minimum absolute atomic E-state index is 0.0557. The van der Waals surface area contributed by atoms with Crippen LogP contribution in [-0.4, -0.2) is 42.3 Å². The van der Waals surface area contributed by atoms with Crippen LogP contribution in [0.3, 0.4) is 0 Å². The van der Waals surface area contributed by atoms with Gasteiger partial charge in [-0.1, -0.05) is 13.8 Å². The molecule has 0 saturated carbocycles. The van der Waals surface area contributed by atoms with Gasteiger partial charge in [-0.25, -0.2) is 0 Å². The van der Waals surface area contributed by atoms with Gasteiger partial charge in [-0.3, -0.25) is 9.59 Å². The maximum absolute atomic E-state index is 12.2. The van der Waals surface area contributed by atoms with Gasteiger partial charge in [0.15, 0.2) is 0 Å². The quantitative estimate of drug-likeness (QED) is 0.641. The summed E-state index contributed by atoms with van der Waals surface area (Å²) in [5.41, 5.74) is 5.21. The number of ether oxygens (including phenoxy) is 1. The second-order valence-corrected chi connectivity index (χ2v) is 6.07. The highest BCUT2D eigenvalue weighted by Crippen LogP contribution is 2.19. The summed E-state index contributed by atoms with van der Waals surface area (Å²) in [5, 5.41) is 11.7. The molecule has 6 heteroatoms. The zero-order chi connectivity index (χ0) is 15.2. The third-order valence-electron chi connectivity index (χ3n) is 3.66. The van der Waals surface area contributed by atoms with Gasteiger partial charge in [0, 0.05) is 26.2 Å². The van der Waals surface area contributed by atoms with Crippen molar-refractivity contribution in [2.75, 3.05) is 19.8 Å². The van der Waals surface area contributed by atoms with Crippen molar-refractivity contribution >= 4 is 11.9 Å². The molecule has 1 heterocycles. The van der Waals surface area contributed by atoms with Gasteiger partial charge in [0.1, 0.15) is 0 Å². The number of carboxylic acid groups (broad SMARTS) is 1. The van der Waals surface area contributed by atoms with E-state index in [9.17, 15) is 9.59 Å². The highest BCUT2D eigenvalue weighted by Gasteiger charge is 2.36. The lowest BCUT2D eigenvalue weighted by atomic mass is 9.89. The standard InChI is InChI=1S/C14H26N2O4/c1-10(2)7-11(8-12(17)18)9-16-13(19)14(15)3-5-20-6-4-14/h10-11H,3-9,15H2,1-2H3,(H,16,19)(H,17,18)/t11-/m0/s1. The molecule has 0 unspecified atom stereocenters. The molecule has 0 spiro atoms. The Balaban J connectivity index is 2.48. The molecule has 116 valence electrons. The smallest absolute Gasteiger partial charge is 0.303 e. The van der Waals surface area contributed by atoms with Gasteiger partial charge < -0.3 is 20.9 Å². The molecule has 0 aromatic heterocycles. The molecule has 1 saturated heterocycles. The van der Waals surface area contributed by atoms with Crippen LogP contribution in [0.25, 0.3) is 0 Å². The second kappa shape index (κ2) is 7.59. The molecule has 0 aromatic rings. The predicted octanol–water partition coefficient (Wildman–Crippen LogP) is 0.748. The first-order valence-electron chi connectivity index (χ1n) is 7.20. The number of hydrogen-bond acceptors (Lipinski definition) is 4. The summed E-state index contributed by atoms with van der Waals surface area (Å²) in [4.78, 5) is 23.0. The maximum atomic E-state index is 12.2. The Morgan fingerprint density at radius 3 is 2.45 bits per heavy atom. The van der Waals surface area contributed by atoms with Gasteiger partial charge in [0.2, 0.25) is 5.91 Å². The van der Waals surface area contributed by atoms with E-state index in [0.717, 1.165) is 6.42 Å². The molecule has 1 rings (SSSR count). The molecule has 4 N–H and O–H groups in total. The van der Waals surface area contributed by atoms with E-state index in [0.29, 0.717) is 38.5 Å². The largest absolute Gasteiger partial charge is 0.481 e. The van der Waals surface area contributed by atoms with Gasteiger partial charge in [-0.2, -0.15) is 0 Å². The van der Waals surface area contributed by atoms with Crippen LogP contribution < -0.4 is 11.1 Å². The van der Waals surface area contributed by atoms with Gasteiger partial charge in [0.25, 0.3) is 0 Å². The van der Waals surface area contributed by atoms with E-state index in [1.54, 1.807) is 0 Å². The summed E-state index contributed by atoms with van der Waals surface area (Å²) in [5.74, 6) is -0.690. The number of carbonyl (C=O) groups excluding carboxylic acids is 1. The van der Waals surface area contributed by atoms with Crippen molar-refractivity contribution in [2.45, 2.75) is 45.1 Å². The topological polar surface area (TPSA) is 102 Å². The predicted molar refractivity (Wildman–Crippen MR) is 75.2 cm³/mol. The summed E-state index contributed by atoms with van der Waals surface area (Å²) < 4.78 is 5.21. The first-order chi connectivity index (χ1) is 9.33. The number of carbonyl (C=O) groups is 2. The Morgan fingerprint density at radius 1 is 1.35 bits per heavy atom. The lowest BCUT2D eigenvalue weighted by Crippen LogP contribution is -2.57. The Labute approximate surface area is 120 Å². The van der Waals surface area contributed by atoms with Crippen LogP contribution in [0.2, 0.25) is 0 Å². The summed E-state index contributed by atoms with van der Waals surface area (Å²) in [6.45, 7) is 5.44. The second-order valence-electron chi connectivity index (χ2n) is 6.07. The molecule has 6 nitrogen and oxygen atoms in total. The van der Waals surface area contributed by atoms with Crippen LogP contribution >= 0.6 is 0 Å². The van der Waals surface area contributed by atoms with Crippen molar-refractivity contribution in [3.63, 3.8) is 0 Å². The van der Waals surface area contributed by atoms with E-state index in [4.69, 9.17) is 15.6 Å². The lowest BCUT2D eigenvalue weighted by Gasteiger charge is -2.32. The Hall–Kier alpha value is -1.14. The molecule has 0 aliphatic carbocycles. The number of hydrogen-bond donors (Lipinski definition) is 3. The lowest BCUT2D eigenvalue weighted by molar-refractivity contribution is -0.138. The van der Waals surface area contributed by atoms with Crippen LogP contribution in [0.5, 0.6) is 0 Å². The minimum Gasteiger partial charge on any atom is -0.481 e. The van der Waals surface area contributed by atoms with Gasteiger partial charge >= 0.3 is 5.97 Å². The Bertz CT molecular complexity index is 338.